The van der Waals surface area contributed by atoms with Gasteiger partial charge in [-0.15, -0.1) is 0 Å². The molecule has 2 aliphatic heterocycles. The highest BCUT2D eigenvalue weighted by atomic mass is 16.5. The van der Waals surface area contributed by atoms with Crippen LogP contribution < -0.4 is 14.2 Å². The number of methoxy groups -OCH3 is 1. The average molecular weight is 433 g/mol. The molecule has 1 aromatic heterocycles. The summed E-state index contributed by atoms with van der Waals surface area (Å²) in [6.45, 7) is 8.64. The predicted molar refractivity (Wildman–Crippen MR) is 124 cm³/mol. The van der Waals surface area contributed by atoms with Crippen LogP contribution in [0.2, 0.25) is 0 Å². The Kier molecular flexibility index (Phi) is 4.97. The van der Waals surface area contributed by atoms with E-state index in [2.05, 4.69) is 18.7 Å². The van der Waals surface area contributed by atoms with E-state index in [4.69, 9.17) is 14.2 Å². The number of hydrogen-bond acceptors (Lipinski definition) is 5. The first-order chi connectivity index (χ1) is 15.4. The monoisotopic (exact) mass is 432 g/mol. The lowest BCUT2D eigenvalue weighted by Crippen LogP contribution is -2.35. The minimum atomic E-state index is -0.0909. The number of carbonyl (C=O) groups excluding carboxylic acids is 1. The lowest BCUT2D eigenvalue weighted by atomic mass is 9.99. The normalized spacial score (nSPS) is 16.9. The van der Waals surface area contributed by atoms with Crippen molar-refractivity contribution < 1.29 is 19.0 Å². The van der Waals surface area contributed by atoms with Gasteiger partial charge in [-0.2, -0.15) is 0 Å². The Hall–Kier alpha value is -3.25. The van der Waals surface area contributed by atoms with Gasteiger partial charge >= 0.3 is 0 Å². The zero-order valence-electron chi connectivity index (χ0n) is 19.2. The van der Waals surface area contributed by atoms with Gasteiger partial charge in [0.1, 0.15) is 24.0 Å². The molecule has 0 saturated carbocycles. The van der Waals surface area contributed by atoms with Crippen LogP contribution in [0, 0.1) is 12.8 Å². The third-order valence-corrected chi connectivity index (χ3v) is 6.14. The van der Waals surface area contributed by atoms with Gasteiger partial charge in [0.2, 0.25) is 5.78 Å². The van der Waals surface area contributed by atoms with Crippen LogP contribution in [-0.2, 0) is 13.6 Å². The summed E-state index contributed by atoms with van der Waals surface area (Å²) in [6.07, 6.45) is 3.83. The Morgan fingerprint density at radius 1 is 1.22 bits per heavy atom. The summed E-state index contributed by atoms with van der Waals surface area (Å²) >= 11 is 0. The number of aromatic nitrogens is 1. The number of allylic oxidation sites excluding steroid dienone is 1. The van der Waals surface area contributed by atoms with Crippen LogP contribution >= 0.6 is 0 Å². The summed E-state index contributed by atoms with van der Waals surface area (Å²) in [4.78, 5) is 15.5. The zero-order valence-corrected chi connectivity index (χ0v) is 19.2. The fourth-order valence-electron chi connectivity index (χ4n) is 4.71. The third-order valence-electron chi connectivity index (χ3n) is 6.14. The molecule has 6 nitrogen and oxygen atoms in total. The summed E-state index contributed by atoms with van der Waals surface area (Å²) < 4.78 is 19.6. The fraction of sp³-hybridized carbons (Fsp3) is 0.346. The van der Waals surface area contributed by atoms with E-state index in [9.17, 15) is 4.79 Å². The summed E-state index contributed by atoms with van der Waals surface area (Å²) in [7, 11) is 3.64. The minimum Gasteiger partial charge on any atom is -0.497 e. The van der Waals surface area contributed by atoms with Crippen molar-refractivity contribution in [1.82, 2.24) is 9.47 Å². The summed E-state index contributed by atoms with van der Waals surface area (Å²) in [5, 5.41) is 1.01. The second-order valence-electron chi connectivity index (χ2n) is 9.06. The van der Waals surface area contributed by atoms with Crippen molar-refractivity contribution in [2.24, 2.45) is 13.0 Å². The molecule has 0 radical (unpaired) electrons. The van der Waals surface area contributed by atoms with Crippen LogP contribution in [0.5, 0.6) is 17.2 Å². The second-order valence-corrected chi connectivity index (χ2v) is 9.06. The molecule has 0 N–H and O–H groups in total. The first-order valence-corrected chi connectivity index (χ1v) is 10.9. The molecule has 166 valence electrons. The molecule has 3 aromatic rings. The molecule has 6 heteroatoms. The number of ether oxygens (including phenoxy) is 3. The van der Waals surface area contributed by atoms with Crippen molar-refractivity contribution in [3.63, 3.8) is 0 Å². The van der Waals surface area contributed by atoms with E-state index in [1.165, 1.54) is 0 Å². The SMILES string of the molecule is COc1ccc2c(c1)c(/C=C1\Oc3c(cc4c(c3C)OCN(CC(C)C)C4)C1=O)cn2C. The topological polar surface area (TPSA) is 52.9 Å². The minimum absolute atomic E-state index is 0.0909. The summed E-state index contributed by atoms with van der Waals surface area (Å²) in [6, 6.07) is 7.87. The Morgan fingerprint density at radius 3 is 2.78 bits per heavy atom. The van der Waals surface area contributed by atoms with Gasteiger partial charge in [-0.1, -0.05) is 13.8 Å². The number of hydrogen-bond donors (Lipinski definition) is 0. The molecule has 3 heterocycles. The van der Waals surface area contributed by atoms with E-state index in [1.807, 2.05) is 55.1 Å². The van der Waals surface area contributed by atoms with E-state index in [0.717, 1.165) is 52.2 Å². The molecule has 0 spiro atoms. The molecule has 2 aliphatic rings. The highest BCUT2D eigenvalue weighted by Gasteiger charge is 2.33. The van der Waals surface area contributed by atoms with Crippen molar-refractivity contribution >= 4 is 22.8 Å². The standard InChI is InChI=1S/C26H28N2O4/c1-15(2)11-28-13-18-8-21-24(29)23(32-26(21)16(3)25(18)31-14-28)9-17-12-27(4)22-7-6-19(30-5)10-20(17)22/h6-10,12,15H,11,13-14H2,1-5H3/b23-9-. The summed E-state index contributed by atoms with van der Waals surface area (Å²) in [5.41, 5.74) is 4.52. The maximum Gasteiger partial charge on any atom is 0.231 e. The van der Waals surface area contributed by atoms with E-state index >= 15 is 0 Å². The smallest absolute Gasteiger partial charge is 0.231 e. The lowest BCUT2D eigenvalue weighted by molar-refractivity contribution is 0.0835. The van der Waals surface area contributed by atoms with Crippen LogP contribution in [0.25, 0.3) is 17.0 Å². The van der Waals surface area contributed by atoms with Gasteiger partial charge in [0, 0.05) is 53.9 Å². The predicted octanol–water partition coefficient (Wildman–Crippen LogP) is 4.92. The maximum absolute atomic E-state index is 13.3. The lowest BCUT2D eigenvalue weighted by Gasteiger charge is -2.31. The molecule has 0 fully saturated rings. The molecule has 0 saturated heterocycles. The Balaban J connectivity index is 1.52. The molecule has 0 aliphatic carbocycles. The quantitative estimate of drug-likeness (QED) is 0.548. The summed E-state index contributed by atoms with van der Waals surface area (Å²) in [5.74, 6) is 3.01. The number of Topliss-reactive ketones (excluding diaryl/α,β-unsaturated/α-hetero) is 1. The van der Waals surface area contributed by atoms with Gasteiger partial charge in [-0.05, 0) is 43.2 Å². The first kappa shape index (κ1) is 20.6. The van der Waals surface area contributed by atoms with Gasteiger partial charge < -0.3 is 18.8 Å². The van der Waals surface area contributed by atoms with Crippen molar-refractivity contribution in [2.45, 2.75) is 27.3 Å². The van der Waals surface area contributed by atoms with Crippen molar-refractivity contribution in [1.29, 1.82) is 0 Å². The van der Waals surface area contributed by atoms with Gasteiger partial charge in [-0.3, -0.25) is 9.69 Å². The molecule has 0 atom stereocenters. The Labute approximate surface area is 188 Å². The molecular formula is C26H28N2O4. The number of aryl methyl sites for hydroxylation is 1. The number of fused-ring (bicyclic) bond motifs is 3. The molecule has 0 bridgehead atoms. The van der Waals surface area contributed by atoms with Crippen molar-refractivity contribution in [3.05, 3.63) is 58.5 Å². The number of rotatable bonds is 4. The van der Waals surface area contributed by atoms with Crippen LogP contribution in [0.4, 0.5) is 0 Å². The molecule has 5 rings (SSSR count). The number of nitrogens with zero attached hydrogens (tertiary/aromatic N) is 2. The van der Waals surface area contributed by atoms with Gasteiger partial charge in [0.25, 0.3) is 0 Å². The molecule has 0 unspecified atom stereocenters. The molecule has 32 heavy (non-hydrogen) atoms. The van der Waals surface area contributed by atoms with Crippen LogP contribution in [0.1, 0.15) is 40.9 Å². The first-order valence-electron chi connectivity index (χ1n) is 10.9. The van der Waals surface area contributed by atoms with Gasteiger partial charge in [-0.25, -0.2) is 0 Å². The largest absolute Gasteiger partial charge is 0.497 e. The Morgan fingerprint density at radius 2 is 2.03 bits per heavy atom. The highest BCUT2D eigenvalue weighted by molar-refractivity contribution is 6.15. The third kappa shape index (κ3) is 3.35. The van der Waals surface area contributed by atoms with Crippen molar-refractivity contribution in [3.8, 4) is 17.2 Å². The van der Waals surface area contributed by atoms with Crippen LogP contribution in [0.15, 0.2) is 36.2 Å². The molecule has 0 amide bonds. The van der Waals surface area contributed by atoms with E-state index in [1.54, 1.807) is 7.11 Å². The van der Waals surface area contributed by atoms with E-state index in [-0.39, 0.29) is 5.78 Å². The fourth-order valence-corrected chi connectivity index (χ4v) is 4.71. The van der Waals surface area contributed by atoms with Gasteiger partial charge in [0.15, 0.2) is 5.76 Å². The van der Waals surface area contributed by atoms with Crippen LogP contribution in [0.3, 0.4) is 0 Å². The highest BCUT2D eigenvalue weighted by Crippen LogP contribution is 2.43. The average Bonchev–Trinajstić information content (AvgIpc) is 3.24. The van der Waals surface area contributed by atoms with E-state index < -0.39 is 0 Å². The number of benzene rings is 2. The van der Waals surface area contributed by atoms with E-state index in [0.29, 0.717) is 29.7 Å². The Bertz CT molecular complexity index is 1270. The maximum atomic E-state index is 13.3. The van der Waals surface area contributed by atoms with Crippen LogP contribution in [-0.4, -0.2) is 35.6 Å². The van der Waals surface area contributed by atoms with Crippen molar-refractivity contribution in [2.75, 3.05) is 20.4 Å². The zero-order chi connectivity index (χ0) is 22.6. The van der Waals surface area contributed by atoms with Gasteiger partial charge in [0.05, 0.1) is 12.7 Å². The number of carbonyl (C=O) groups is 1. The number of ketones is 1. The molecular weight excluding hydrogens is 404 g/mol. The second kappa shape index (κ2) is 7.71. The molecule has 2 aromatic carbocycles.